The maximum Gasteiger partial charge on any atom is 0.254 e. The quantitative estimate of drug-likeness (QED) is 0.336. The first-order chi connectivity index (χ1) is 15.0. The van der Waals surface area contributed by atoms with Crippen molar-refractivity contribution < 1.29 is 14.7 Å². The van der Waals surface area contributed by atoms with Crippen molar-refractivity contribution >= 4 is 35.0 Å². The molecule has 7 N–H and O–H groups in total. The Morgan fingerprint density at radius 3 is 2.61 bits per heavy atom. The fourth-order valence-electron chi connectivity index (χ4n) is 3.61. The van der Waals surface area contributed by atoms with Crippen molar-refractivity contribution in [1.82, 2.24) is 9.97 Å². The molecule has 0 unspecified atom stereocenters. The van der Waals surface area contributed by atoms with Crippen LogP contribution in [-0.2, 0) is 4.79 Å². The number of nitrogens with two attached hydrogens (primary N) is 2. The first kappa shape index (κ1) is 22.3. The molecule has 0 radical (unpaired) electrons. The number of nitrogens with zero attached hydrogens (tertiary/aromatic N) is 3. The van der Waals surface area contributed by atoms with Gasteiger partial charge < -0.3 is 32.1 Å². The average Bonchev–Trinajstić information content (AvgIpc) is 3.24. The van der Waals surface area contributed by atoms with Crippen molar-refractivity contribution in [2.45, 2.75) is 38.1 Å². The molecule has 1 atom stereocenters. The molecular formula is C21H29N7O3. The van der Waals surface area contributed by atoms with E-state index in [1.165, 1.54) is 6.20 Å². The lowest BCUT2D eigenvalue weighted by molar-refractivity contribution is -0.119. The second-order valence-corrected chi connectivity index (χ2v) is 7.46. The number of rotatable bonds is 11. The van der Waals surface area contributed by atoms with E-state index in [4.69, 9.17) is 16.6 Å². The van der Waals surface area contributed by atoms with E-state index in [-0.39, 0.29) is 24.1 Å². The number of amides is 2. The van der Waals surface area contributed by atoms with Crippen LogP contribution in [0.5, 0.6) is 0 Å². The number of carbonyl (C=O) groups is 2. The van der Waals surface area contributed by atoms with Gasteiger partial charge in [0.15, 0.2) is 0 Å². The van der Waals surface area contributed by atoms with Crippen LogP contribution in [0.1, 0.15) is 42.5 Å². The van der Waals surface area contributed by atoms with Crippen molar-refractivity contribution in [3.63, 3.8) is 0 Å². The SMILES string of the molecule is NC(=O)c1cnc(Nc2ccc(N3CCC[C@@H]3C(N)=O)cc2)nc1NCCCCCO. The number of hydrogen-bond acceptors (Lipinski definition) is 8. The minimum absolute atomic E-state index is 0.161. The van der Waals surface area contributed by atoms with Crippen molar-refractivity contribution in [3.05, 3.63) is 36.0 Å². The van der Waals surface area contributed by atoms with Gasteiger partial charge in [0, 0.05) is 37.3 Å². The molecule has 2 heterocycles. The van der Waals surface area contributed by atoms with E-state index >= 15 is 0 Å². The van der Waals surface area contributed by atoms with Crippen LogP contribution in [0, 0.1) is 0 Å². The fourth-order valence-corrected chi connectivity index (χ4v) is 3.61. The number of carbonyl (C=O) groups excluding carboxylic acids is 2. The number of primary amides is 2. The molecule has 2 amide bonds. The molecule has 166 valence electrons. The smallest absolute Gasteiger partial charge is 0.254 e. The summed E-state index contributed by atoms with van der Waals surface area (Å²) in [6.07, 6.45) is 5.52. The Labute approximate surface area is 181 Å². The number of unbranched alkanes of at least 4 members (excludes halogenated alkanes) is 2. The number of hydrogen-bond donors (Lipinski definition) is 5. The third-order valence-electron chi connectivity index (χ3n) is 5.22. The van der Waals surface area contributed by atoms with E-state index in [1.54, 1.807) is 0 Å². The Kier molecular flexibility index (Phi) is 7.60. The summed E-state index contributed by atoms with van der Waals surface area (Å²) in [5.41, 5.74) is 12.8. The molecule has 1 aliphatic rings. The molecule has 0 spiro atoms. The highest BCUT2D eigenvalue weighted by Crippen LogP contribution is 2.27. The van der Waals surface area contributed by atoms with Crippen LogP contribution in [0.25, 0.3) is 0 Å². The average molecular weight is 428 g/mol. The van der Waals surface area contributed by atoms with Crippen LogP contribution in [-0.4, -0.2) is 52.6 Å². The van der Waals surface area contributed by atoms with Crippen LogP contribution in [0.2, 0.25) is 0 Å². The van der Waals surface area contributed by atoms with E-state index in [0.29, 0.717) is 18.3 Å². The molecule has 0 saturated carbocycles. The molecule has 1 aromatic heterocycles. The Bertz CT molecular complexity index is 904. The molecule has 1 saturated heterocycles. The van der Waals surface area contributed by atoms with Gasteiger partial charge in [0.05, 0.1) is 5.56 Å². The topological polar surface area (TPSA) is 159 Å². The van der Waals surface area contributed by atoms with Crippen molar-refractivity contribution in [2.24, 2.45) is 11.5 Å². The number of nitrogens with one attached hydrogen (secondary N) is 2. The largest absolute Gasteiger partial charge is 0.396 e. The summed E-state index contributed by atoms with van der Waals surface area (Å²) < 4.78 is 0. The van der Waals surface area contributed by atoms with E-state index in [9.17, 15) is 9.59 Å². The molecule has 1 aromatic carbocycles. The summed E-state index contributed by atoms with van der Waals surface area (Å²) in [5.74, 6) is -0.221. The molecule has 3 rings (SSSR count). The minimum atomic E-state index is -0.608. The molecule has 0 aliphatic carbocycles. The Morgan fingerprint density at radius 2 is 1.94 bits per heavy atom. The Balaban J connectivity index is 1.68. The van der Waals surface area contributed by atoms with Crippen LogP contribution in [0.15, 0.2) is 30.5 Å². The maximum absolute atomic E-state index is 11.7. The molecule has 10 heteroatoms. The van der Waals surface area contributed by atoms with Gasteiger partial charge in [-0.15, -0.1) is 0 Å². The van der Waals surface area contributed by atoms with Crippen molar-refractivity contribution in [3.8, 4) is 0 Å². The Hall–Kier alpha value is -3.40. The highest BCUT2D eigenvalue weighted by molar-refractivity contribution is 5.97. The zero-order valence-electron chi connectivity index (χ0n) is 17.4. The van der Waals surface area contributed by atoms with Crippen molar-refractivity contribution in [1.29, 1.82) is 0 Å². The summed E-state index contributed by atoms with van der Waals surface area (Å²) in [7, 11) is 0. The Morgan fingerprint density at radius 1 is 1.16 bits per heavy atom. The summed E-state index contributed by atoms with van der Waals surface area (Å²) in [4.78, 5) is 33.9. The van der Waals surface area contributed by atoms with Gasteiger partial charge in [-0.1, -0.05) is 0 Å². The molecule has 1 aliphatic heterocycles. The first-order valence-electron chi connectivity index (χ1n) is 10.4. The summed E-state index contributed by atoms with van der Waals surface area (Å²) in [5, 5.41) is 15.1. The highest BCUT2D eigenvalue weighted by Gasteiger charge is 2.28. The highest BCUT2D eigenvalue weighted by atomic mass is 16.3. The van der Waals surface area contributed by atoms with Gasteiger partial charge in [-0.2, -0.15) is 4.98 Å². The lowest BCUT2D eigenvalue weighted by Crippen LogP contribution is -2.40. The predicted molar refractivity (Wildman–Crippen MR) is 119 cm³/mol. The zero-order chi connectivity index (χ0) is 22.2. The number of aromatic nitrogens is 2. The number of anilines is 4. The minimum Gasteiger partial charge on any atom is -0.396 e. The molecule has 10 nitrogen and oxygen atoms in total. The van der Waals surface area contributed by atoms with Crippen LogP contribution in [0.3, 0.4) is 0 Å². The van der Waals surface area contributed by atoms with Crippen LogP contribution < -0.4 is 27.0 Å². The van der Waals surface area contributed by atoms with Crippen LogP contribution in [0.4, 0.5) is 23.1 Å². The van der Waals surface area contributed by atoms with E-state index in [1.807, 2.05) is 29.2 Å². The number of aliphatic hydroxyl groups is 1. The molecule has 1 fully saturated rings. The normalized spacial score (nSPS) is 15.6. The van der Waals surface area contributed by atoms with Gasteiger partial charge in [0.1, 0.15) is 11.9 Å². The lowest BCUT2D eigenvalue weighted by atomic mass is 10.2. The maximum atomic E-state index is 11.7. The van der Waals surface area contributed by atoms with Gasteiger partial charge in [-0.25, -0.2) is 4.98 Å². The number of aliphatic hydroxyl groups excluding tert-OH is 1. The van der Waals surface area contributed by atoms with Gasteiger partial charge in [-0.05, 0) is 56.4 Å². The fraction of sp³-hybridized carbons (Fsp3) is 0.429. The predicted octanol–water partition coefficient (Wildman–Crippen LogP) is 1.35. The van der Waals surface area contributed by atoms with Crippen molar-refractivity contribution in [2.75, 3.05) is 35.2 Å². The van der Waals surface area contributed by atoms with E-state index in [2.05, 4.69) is 20.6 Å². The summed E-state index contributed by atoms with van der Waals surface area (Å²) in [6.45, 7) is 1.56. The monoisotopic (exact) mass is 427 g/mol. The van der Waals surface area contributed by atoms with Gasteiger partial charge >= 0.3 is 0 Å². The standard InChI is InChI=1S/C21H29N7O3/c22-18(30)16-13-25-21(27-20(16)24-10-2-1-3-12-29)26-14-6-8-15(9-7-14)28-11-4-5-17(28)19(23)31/h6-9,13,17,29H,1-5,10-12H2,(H2,22,30)(H2,23,31)(H2,24,25,26,27)/t17-/m1/s1. The second-order valence-electron chi connectivity index (χ2n) is 7.46. The zero-order valence-corrected chi connectivity index (χ0v) is 17.4. The third-order valence-corrected chi connectivity index (χ3v) is 5.22. The summed E-state index contributed by atoms with van der Waals surface area (Å²) in [6, 6.07) is 7.32. The van der Waals surface area contributed by atoms with Crippen LogP contribution >= 0.6 is 0 Å². The van der Waals surface area contributed by atoms with Gasteiger partial charge in [-0.3, -0.25) is 9.59 Å². The van der Waals surface area contributed by atoms with Gasteiger partial charge in [0.2, 0.25) is 11.9 Å². The summed E-state index contributed by atoms with van der Waals surface area (Å²) >= 11 is 0. The van der Waals surface area contributed by atoms with E-state index < -0.39 is 5.91 Å². The molecular weight excluding hydrogens is 398 g/mol. The number of benzene rings is 1. The molecule has 0 bridgehead atoms. The van der Waals surface area contributed by atoms with Gasteiger partial charge in [0.25, 0.3) is 5.91 Å². The molecule has 2 aromatic rings. The third kappa shape index (κ3) is 5.82. The lowest BCUT2D eigenvalue weighted by Gasteiger charge is -2.24. The second kappa shape index (κ2) is 10.6. The molecule has 31 heavy (non-hydrogen) atoms. The van der Waals surface area contributed by atoms with E-state index in [0.717, 1.165) is 50.0 Å². The first-order valence-corrected chi connectivity index (χ1v) is 10.4.